The highest BCUT2D eigenvalue weighted by molar-refractivity contribution is 6.36. The van der Waals surface area contributed by atoms with Gasteiger partial charge in [0.15, 0.2) is 0 Å². The van der Waals surface area contributed by atoms with Crippen LogP contribution in [0.2, 0.25) is 10.0 Å². The topological polar surface area (TPSA) is 69.6 Å². The van der Waals surface area contributed by atoms with Gasteiger partial charge in [0.2, 0.25) is 0 Å². The van der Waals surface area contributed by atoms with E-state index in [4.69, 9.17) is 28.3 Å². The third kappa shape index (κ3) is 4.96. The Morgan fingerprint density at radius 2 is 1.89 bits per heavy atom. The molecule has 0 bridgehead atoms. The molecule has 7 heteroatoms. The van der Waals surface area contributed by atoms with E-state index in [1.807, 2.05) is 0 Å². The van der Waals surface area contributed by atoms with E-state index in [1.54, 1.807) is 25.2 Å². The third-order valence-corrected chi connectivity index (χ3v) is 3.13. The molecule has 19 heavy (non-hydrogen) atoms. The lowest BCUT2D eigenvalue weighted by atomic mass is 10.2. The second-order valence-corrected chi connectivity index (χ2v) is 4.75. The zero-order chi connectivity index (χ0) is 14.4. The quantitative estimate of drug-likeness (QED) is 0.878. The average molecular weight is 305 g/mol. The van der Waals surface area contributed by atoms with E-state index in [-0.39, 0.29) is 25.5 Å². The van der Waals surface area contributed by atoms with Gasteiger partial charge in [-0.3, -0.25) is 4.79 Å². The molecule has 5 nitrogen and oxygen atoms in total. The molecule has 1 aromatic rings. The first kappa shape index (κ1) is 15.6. The fraction of sp³-hybridized carbons (Fsp3) is 0.333. The van der Waals surface area contributed by atoms with E-state index >= 15 is 0 Å². The van der Waals surface area contributed by atoms with Gasteiger partial charge in [-0.2, -0.15) is 0 Å². The lowest BCUT2D eigenvalue weighted by molar-refractivity contribution is -0.136. The van der Waals surface area contributed by atoms with Crippen molar-refractivity contribution in [3.8, 4) is 0 Å². The molecule has 0 aliphatic rings. The van der Waals surface area contributed by atoms with Gasteiger partial charge in [-0.05, 0) is 12.1 Å². The first-order valence-corrected chi connectivity index (χ1v) is 6.31. The van der Waals surface area contributed by atoms with Gasteiger partial charge in [0.05, 0.1) is 13.0 Å². The number of hydrogen-bond donors (Lipinski definition) is 2. The van der Waals surface area contributed by atoms with Gasteiger partial charge in [0.25, 0.3) is 0 Å². The Morgan fingerprint density at radius 3 is 2.42 bits per heavy atom. The molecule has 0 unspecified atom stereocenters. The molecule has 0 fully saturated rings. The third-order valence-electron chi connectivity index (χ3n) is 2.42. The Balaban J connectivity index is 2.56. The van der Waals surface area contributed by atoms with Gasteiger partial charge >= 0.3 is 12.0 Å². The summed E-state index contributed by atoms with van der Waals surface area (Å²) in [4.78, 5) is 23.4. The first-order chi connectivity index (χ1) is 8.91. The summed E-state index contributed by atoms with van der Waals surface area (Å²) >= 11 is 12.0. The van der Waals surface area contributed by atoms with Crippen LogP contribution < -0.4 is 5.32 Å². The molecule has 1 aromatic carbocycles. The largest absolute Gasteiger partial charge is 0.481 e. The number of nitrogens with zero attached hydrogens (tertiary/aromatic N) is 1. The zero-order valence-electron chi connectivity index (χ0n) is 10.3. The van der Waals surface area contributed by atoms with Crippen LogP contribution in [0.5, 0.6) is 0 Å². The van der Waals surface area contributed by atoms with Crippen LogP contribution in [0.15, 0.2) is 18.2 Å². The smallest absolute Gasteiger partial charge is 0.317 e. The Hall–Kier alpha value is -1.46. The molecular weight excluding hydrogens is 291 g/mol. The number of nitrogens with one attached hydrogen (secondary N) is 1. The van der Waals surface area contributed by atoms with Crippen LogP contribution in [0.4, 0.5) is 4.79 Å². The minimum Gasteiger partial charge on any atom is -0.481 e. The number of urea groups is 1. The lowest BCUT2D eigenvalue weighted by Crippen LogP contribution is -2.37. The molecule has 0 spiro atoms. The Bertz CT molecular complexity index is 460. The van der Waals surface area contributed by atoms with Crippen LogP contribution >= 0.6 is 23.2 Å². The lowest BCUT2D eigenvalue weighted by Gasteiger charge is -2.19. The summed E-state index contributed by atoms with van der Waals surface area (Å²) in [5, 5.41) is 11.9. The number of benzene rings is 1. The van der Waals surface area contributed by atoms with E-state index in [9.17, 15) is 9.59 Å². The number of halogens is 2. The molecule has 1 rings (SSSR count). The molecule has 2 amide bonds. The van der Waals surface area contributed by atoms with Gasteiger partial charge in [-0.15, -0.1) is 0 Å². The van der Waals surface area contributed by atoms with Crippen LogP contribution in [-0.4, -0.2) is 35.6 Å². The van der Waals surface area contributed by atoms with Crippen molar-refractivity contribution in [2.24, 2.45) is 0 Å². The summed E-state index contributed by atoms with van der Waals surface area (Å²) in [6.45, 7) is 0.326. The van der Waals surface area contributed by atoms with Crippen LogP contribution in [0, 0.1) is 0 Å². The normalized spacial score (nSPS) is 10.1. The molecule has 2 N–H and O–H groups in total. The maximum Gasteiger partial charge on any atom is 0.317 e. The van der Waals surface area contributed by atoms with Gasteiger partial charge in [-0.1, -0.05) is 29.3 Å². The summed E-state index contributed by atoms with van der Waals surface area (Å²) in [6, 6.07) is 4.73. The first-order valence-electron chi connectivity index (χ1n) is 5.55. The number of carbonyl (C=O) groups is 2. The van der Waals surface area contributed by atoms with Crippen LogP contribution in [0.3, 0.4) is 0 Å². The summed E-state index contributed by atoms with van der Waals surface area (Å²) in [7, 11) is 1.58. The van der Waals surface area contributed by atoms with Crippen molar-refractivity contribution >= 4 is 35.2 Å². The number of aliphatic carboxylic acids is 1. The van der Waals surface area contributed by atoms with Crippen LogP contribution in [0.25, 0.3) is 0 Å². The highest BCUT2D eigenvalue weighted by Crippen LogP contribution is 2.25. The number of hydrogen-bond acceptors (Lipinski definition) is 2. The van der Waals surface area contributed by atoms with E-state index in [1.165, 1.54) is 4.90 Å². The van der Waals surface area contributed by atoms with E-state index in [0.29, 0.717) is 15.6 Å². The van der Waals surface area contributed by atoms with Gasteiger partial charge < -0.3 is 15.3 Å². The summed E-state index contributed by atoms with van der Waals surface area (Å²) in [5.41, 5.74) is 0.654. The molecule has 0 saturated carbocycles. The van der Waals surface area contributed by atoms with E-state index < -0.39 is 5.97 Å². The fourth-order valence-electron chi connectivity index (χ4n) is 1.40. The molecule has 0 aromatic heterocycles. The van der Waals surface area contributed by atoms with Crippen molar-refractivity contribution in [2.75, 3.05) is 13.6 Å². The number of carboxylic acid groups (broad SMARTS) is 1. The minimum absolute atomic E-state index is 0.0781. The molecule has 0 heterocycles. The van der Waals surface area contributed by atoms with Crippen molar-refractivity contribution in [2.45, 2.75) is 13.0 Å². The van der Waals surface area contributed by atoms with Crippen LogP contribution in [0.1, 0.15) is 12.0 Å². The molecule has 0 saturated heterocycles. The highest BCUT2D eigenvalue weighted by Gasteiger charge is 2.13. The molecule has 0 aliphatic heterocycles. The molecule has 104 valence electrons. The molecule has 0 radical (unpaired) electrons. The standard InChI is InChI=1S/C12H14Cl2N2O3/c1-16(12(19)15-6-5-11(17)18)7-8-9(13)3-2-4-10(8)14/h2-4H,5-7H2,1H3,(H,15,19)(H,17,18). The van der Waals surface area contributed by atoms with E-state index in [2.05, 4.69) is 5.32 Å². The number of carboxylic acids is 1. The monoisotopic (exact) mass is 304 g/mol. The summed E-state index contributed by atoms with van der Waals surface area (Å²) in [5.74, 6) is -0.961. The minimum atomic E-state index is -0.961. The molecule has 0 atom stereocenters. The van der Waals surface area contributed by atoms with Crippen molar-refractivity contribution in [3.05, 3.63) is 33.8 Å². The van der Waals surface area contributed by atoms with Gasteiger partial charge in [0, 0.05) is 29.2 Å². The SMILES string of the molecule is CN(Cc1c(Cl)cccc1Cl)C(=O)NCCC(=O)O. The Kier molecular flexibility index (Phi) is 5.92. The van der Waals surface area contributed by atoms with Crippen molar-refractivity contribution in [1.29, 1.82) is 0 Å². The average Bonchev–Trinajstić information content (AvgIpc) is 2.33. The second kappa shape index (κ2) is 7.21. The predicted octanol–water partition coefficient (Wildman–Crippen LogP) is 2.61. The van der Waals surface area contributed by atoms with E-state index in [0.717, 1.165) is 0 Å². The summed E-state index contributed by atoms with van der Waals surface area (Å²) < 4.78 is 0. The van der Waals surface area contributed by atoms with Crippen LogP contribution in [-0.2, 0) is 11.3 Å². The highest BCUT2D eigenvalue weighted by atomic mass is 35.5. The van der Waals surface area contributed by atoms with Gasteiger partial charge in [0.1, 0.15) is 0 Å². The maximum atomic E-state index is 11.7. The zero-order valence-corrected chi connectivity index (χ0v) is 11.8. The Morgan fingerprint density at radius 1 is 1.32 bits per heavy atom. The molecular formula is C12H14Cl2N2O3. The number of carbonyl (C=O) groups excluding carboxylic acids is 1. The fourth-order valence-corrected chi connectivity index (χ4v) is 1.92. The van der Waals surface area contributed by atoms with Crippen molar-refractivity contribution in [3.63, 3.8) is 0 Å². The van der Waals surface area contributed by atoms with Crippen molar-refractivity contribution < 1.29 is 14.7 Å². The Labute approximate surface area is 121 Å². The maximum absolute atomic E-state index is 11.7. The molecule has 0 aliphatic carbocycles. The summed E-state index contributed by atoms with van der Waals surface area (Å²) in [6.07, 6.45) is -0.119. The number of amides is 2. The number of rotatable bonds is 5. The predicted molar refractivity (Wildman–Crippen MR) is 73.6 cm³/mol. The van der Waals surface area contributed by atoms with Gasteiger partial charge in [-0.25, -0.2) is 4.79 Å². The second-order valence-electron chi connectivity index (χ2n) is 3.93. The van der Waals surface area contributed by atoms with Crippen molar-refractivity contribution in [1.82, 2.24) is 10.2 Å².